The smallest absolute Gasteiger partial charge is 0.255 e. The lowest BCUT2D eigenvalue weighted by molar-refractivity contribution is -0.153. The first-order valence-corrected chi connectivity index (χ1v) is 13.1. The first-order valence-electron chi connectivity index (χ1n) is 13.1. The Morgan fingerprint density at radius 1 is 1.00 bits per heavy atom. The van der Waals surface area contributed by atoms with Crippen LogP contribution in [0.15, 0.2) is 72.8 Å². The standard InChI is InChI=1S/C31H36N2O4/c1-3-8-23-10-4-5-12-26(23)24-16-14-22(15-17-24)20-32-30(36)28(34)29(35)31(37)33-18-7-13-27(33)25-11-6-9-21(2)19-25/h4-6,9-12,14-17,19,27-29,34-35H,3,7-8,13,18,20H2,1-2H3,(H,32,36)/t27-,28-,29-/m1/s1. The fraction of sp³-hybridized carbons (Fsp3) is 0.355. The summed E-state index contributed by atoms with van der Waals surface area (Å²) >= 11 is 0. The number of carbonyl (C=O) groups excluding carboxylic acids is 2. The van der Waals surface area contributed by atoms with Gasteiger partial charge in [0.1, 0.15) is 0 Å². The highest BCUT2D eigenvalue weighted by atomic mass is 16.3. The normalized spacial score (nSPS) is 16.9. The van der Waals surface area contributed by atoms with Gasteiger partial charge in [0, 0.05) is 13.1 Å². The summed E-state index contributed by atoms with van der Waals surface area (Å²) in [5.41, 5.74) is 6.55. The monoisotopic (exact) mass is 500 g/mol. The minimum atomic E-state index is -1.84. The van der Waals surface area contributed by atoms with Gasteiger partial charge in [-0.1, -0.05) is 91.7 Å². The van der Waals surface area contributed by atoms with Crippen LogP contribution >= 0.6 is 0 Å². The number of aryl methyl sites for hydroxylation is 2. The molecule has 1 saturated heterocycles. The Bertz CT molecular complexity index is 1220. The molecule has 0 spiro atoms. The van der Waals surface area contributed by atoms with Crippen LogP contribution in [0, 0.1) is 6.92 Å². The average Bonchev–Trinajstić information content (AvgIpc) is 3.41. The Hall–Kier alpha value is -3.48. The number of likely N-dealkylation sites (tertiary alicyclic amines) is 1. The molecule has 0 aromatic heterocycles. The van der Waals surface area contributed by atoms with E-state index in [4.69, 9.17) is 0 Å². The van der Waals surface area contributed by atoms with Crippen LogP contribution < -0.4 is 5.32 Å². The minimum absolute atomic E-state index is 0.168. The van der Waals surface area contributed by atoms with E-state index in [9.17, 15) is 19.8 Å². The number of carbonyl (C=O) groups is 2. The topological polar surface area (TPSA) is 89.9 Å². The molecule has 0 bridgehead atoms. The number of hydrogen-bond acceptors (Lipinski definition) is 4. The summed E-state index contributed by atoms with van der Waals surface area (Å²) in [6.07, 6.45) is 0.00825. The fourth-order valence-corrected chi connectivity index (χ4v) is 5.09. The van der Waals surface area contributed by atoms with E-state index in [1.807, 2.05) is 61.5 Å². The number of nitrogens with zero attached hydrogens (tertiary/aromatic N) is 1. The van der Waals surface area contributed by atoms with Crippen molar-refractivity contribution in [1.82, 2.24) is 10.2 Å². The average molecular weight is 501 g/mol. The van der Waals surface area contributed by atoms with Crippen LogP contribution in [0.5, 0.6) is 0 Å². The molecule has 0 aliphatic carbocycles. The van der Waals surface area contributed by atoms with Gasteiger partial charge < -0.3 is 20.4 Å². The van der Waals surface area contributed by atoms with Gasteiger partial charge in [-0.05, 0) is 54.0 Å². The summed E-state index contributed by atoms with van der Waals surface area (Å²) in [5, 5.41) is 23.7. The molecule has 0 radical (unpaired) electrons. The van der Waals surface area contributed by atoms with Crippen molar-refractivity contribution in [2.24, 2.45) is 0 Å². The van der Waals surface area contributed by atoms with Gasteiger partial charge >= 0.3 is 0 Å². The number of aliphatic hydroxyl groups is 2. The van der Waals surface area contributed by atoms with E-state index in [-0.39, 0.29) is 12.6 Å². The molecule has 1 fully saturated rings. The van der Waals surface area contributed by atoms with E-state index < -0.39 is 24.0 Å². The quantitative estimate of drug-likeness (QED) is 0.408. The third kappa shape index (κ3) is 6.27. The van der Waals surface area contributed by atoms with Gasteiger partial charge in [0.05, 0.1) is 6.04 Å². The third-order valence-electron chi connectivity index (χ3n) is 7.05. The molecule has 1 aliphatic heterocycles. The summed E-state index contributed by atoms with van der Waals surface area (Å²) in [5.74, 6) is -1.40. The first kappa shape index (κ1) is 26.6. The SMILES string of the molecule is CCCc1ccccc1-c1ccc(CNC(=O)[C@H](O)[C@@H](O)C(=O)N2CCC[C@@H]2c2cccc(C)c2)cc1. The van der Waals surface area contributed by atoms with Gasteiger partial charge in [0.25, 0.3) is 11.8 Å². The van der Waals surface area contributed by atoms with Gasteiger partial charge in [-0.15, -0.1) is 0 Å². The highest BCUT2D eigenvalue weighted by molar-refractivity contribution is 5.91. The molecule has 1 aliphatic rings. The lowest BCUT2D eigenvalue weighted by atomic mass is 9.96. The summed E-state index contributed by atoms with van der Waals surface area (Å²) < 4.78 is 0. The molecule has 3 N–H and O–H groups in total. The minimum Gasteiger partial charge on any atom is -0.380 e. The van der Waals surface area contributed by atoms with E-state index in [1.165, 1.54) is 11.1 Å². The number of aliphatic hydroxyl groups excluding tert-OH is 2. The molecule has 3 atom stereocenters. The number of benzene rings is 3. The molecular weight excluding hydrogens is 464 g/mol. The number of nitrogens with one attached hydrogen (secondary N) is 1. The van der Waals surface area contributed by atoms with Crippen LogP contribution in [-0.2, 0) is 22.6 Å². The largest absolute Gasteiger partial charge is 0.380 e. The molecule has 3 aromatic carbocycles. The Labute approximate surface area is 219 Å². The number of rotatable bonds is 9. The van der Waals surface area contributed by atoms with Gasteiger partial charge in [-0.3, -0.25) is 9.59 Å². The zero-order chi connectivity index (χ0) is 26.4. The summed E-state index contributed by atoms with van der Waals surface area (Å²) in [6.45, 7) is 4.82. The number of amides is 2. The van der Waals surface area contributed by atoms with Crippen molar-refractivity contribution >= 4 is 11.8 Å². The van der Waals surface area contributed by atoms with Crippen molar-refractivity contribution in [3.05, 3.63) is 95.1 Å². The van der Waals surface area contributed by atoms with Crippen LogP contribution in [-0.4, -0.2) is 45.7 Å². The molecule has 3 aromatic rings. The predicted octanol–water partition coefficient (Wildman–Crippen LogP) is 4.32. The second kappa shape index (κ2) is 12.2. The molecule has 0 unspecified atom stereocenters. The maximum Gasteiger partial charge on any atom is 0.255 e. The molecule has 6 heteroatoms. The third-order valence-corrected chi connectivity index (χ3v) is 7.05. The van der Waals surface area contributed by atoms with Gasteiger partial charge in [-0.25, -0.2) is 0 Å². The summed E-state index contributed by atoms with van der Waals surface area (Å²) in [7, 11) is 0. The Morgan fingerprint density at radius 3 is 2.49 bits per heavy atom. The zero-order valence-electron chi connectivity index (χ0n) is 21.6. The van der Waals surface area contributed by atoms with Crippen molar-refractivity contribution < 1.29 is 19.8 Å². The summed E-state index contributed by atoms with van der Waals surface area (Å²) in [4.78, 5) is 27.2. The Balaban J connectivity index is 1.35. The maximum absolute atomic E-state index is 13.0. The molecule has 2 amide bonds. The van der Waals surface area contributed by atoms with E-state index in [0.717, 1.165) is 47.9 Å². The molecular formula is C31H36N2O4. The van der Waals surface area contributed by atoms with Crippen molar-refractivity contribution in [2.45, 2.75) is 64.3 Å². The molecule has 6 nitrogen and oxygen atoms in total. The van der Waals surface area contributed by atoms with E-state index in [0.29, 0.717) is 6.54 Å². The van der Waals surface area contributed by atoms with Crippen LogP contribution in [0.1, 0.15) is 54.5 Å². The zero-order valence-corrected chi connectivity index (χ0v) is 21.6. The second-order valence-corrected chi connectivity index (χ2v) is 9.82. The van der Waals surface area contributed by atoms with E-state index in [2.05, 4.69) is 30.4 Å². The second-order valence-electron chi connectivity index (χ2n) is 9.82. The predicted molar refractivity (Wildman–Crippen MR) is 145 cm³/mol. The maximum atomic E-state index is 13.0. The van der Waals surface area contributed by atoms with Crippen molar-refractivity contribution in [3.8, 4) is 11.1 Å². The summed E-state index contributed by atoms with van der Waals surface area (Å²) in [6, 6.07) is 24.0. The van der Waals surface area contributed by atoms with Gasteiger partial charge in [0.2, 0.25) is 0 Å². The van der Waals surface area contributed by atoms with Crippen molar-refractivity contribution in [3.63, 3.8) is 0 Å². The fourth-order valence-electron chi connectivity index (χ4n) is 5.09. The van der Waals surface area contributed by atoms with Crippen molar-refractivity contribution in [1.29, 1.82) is 0 Å². The lowest BCUT2D eigenvalue weighted by Crippen LogP contribution is -2.50. The van der Waals surface area contributed by atoms with Crippen LogP contribution in [0.3, 0.4) is 0 Å². The molecule has 0 saturated carbocycles. The Morgan fingerprint density at radius 2 is 1.76 bits per heavy atom. The molecule has 4 rings (SSSR count). The highest BCUT2D eigenvalue weighted by Crippen LogP contribution is 2.33. The van der Waals surface area contributed by atoms with Crippen LogP contribution in [0.4, 0.5) is 0 Å². The van der Waals surface area contributed by atoms with Gasteiger partial charge in [0.15, 0.2) is 12.2 Å². The van der Waals surface area contributed by atoms with Crippen LogP contribution in [0.2, 0.25) is 0 Å². The first-order chi connectivity index (χ1) is 17.9. The van der Waals surface area contributed by atoms with Crippen LogP contribution in [0.25, 0.3) is 11.1 Å². The number of hydrogen-bond donors (Lipinski definition) is 3. The molecule has 37 heavy (non-hydrogen) atoms. The molecule has 194 valence electrons. The Kier molecular flexibility index (Phi) is 8.74. The van der Waals surface area contributed by atoms with Crippen molar-refractivity contribution in [2.75, 3.05) is 6.54 Å². The van der Waals surface area contributed by atoms with E-state index in [1.54, 1.807) is 4.90 Å². The highest BCUT2D eigenvalue weighted by Gasteiger charge is 2.38. The molecule has 1 heterocycles. The van der Waals surface area contributed by atoms with E-state index >= 15 is 0 Å². The van der Waals surface area contributed by atoms with Gasteiger partial charge in [-0.2, -0.15) is 0 Å². The lowest BCUT2D eigenvalue weighted by Gasteiger charge is -2.28.